The number of hydrogen-bond donors (Lipinski definition) is 5. The number of carbonyl (C=O) groups excluding carboxylic acids is 2. The van der Waals surface area contributed by atoms with Crippen LogP contribution in [0.5, 0.6) is 0 Å². The normalized spacial score (nSPS) is 13.1. The third-order valence-electron chi connectivity index (χ3n) is 3.13. The number of carboxylic acid groups (broad SMARTS) is 2. The summed E-state index contributed by atoms with van der Waals surface area (Å²) in [5, 5.41) is 22.0. The molecule has 11 nitrogen and oxygen atoms in total. The van der Waals surface area contributed by atoms with Crippen LogP contribution in [-0.2, 0) is 28.7 Å². The maximum absolute atomic E-state index is 12.1. The number of carbonyl (C=O) groups is 4. The fraction of sp³-hybridized carbons (Fsp3) is 0.714. The number of aliphatic carboxylic acids is 2. The molecule has 0 radical (unpaired) electrons. The lowest BCUT2D eigenvalue weighted by Crippen LogP contribution is -2.49. The van der Waals surface area contributed by atoms with E-state index in [1.165, 1.54) is 26.0 Å². The minimum absolute atomic E-state index is 0.0901. The molecule has 0 saturated heterocycles. The summed E-state index contributed by atoms with van der Waals surface area (Å²) < 4.78 is 10.0. The van der Waals surface area contributed by atoms with E-state index in [0.29, 0.717) is 5.75 Å². The van der Waals surface area contributed by atoms with E-state index in [9.17, 15) is 19.2 Å². The van der Waals surface area contributed by atoms with Crippen LogP contribution < -0.4 is 16.4 Å². The smallest absolute Gasteiger partial charge is 0.322 e. The van der Waals surface area contributed by atoms with Crippen molar-refractivity contribution in [1.82, 2.24) is 10.6 Å². The SMILES string of the molecule is COC(CSC[C@H](NC(=O)CC[C@H](N)C(=O)O)C(=O)NCC(=O)O)OC. The Morgan fingerprint density at radius 3 is 2.23 bits per heavy atom. The molecule has 0 heterocycles. The molecule has 0 aromatic carbocycles. The maximum atomic E-state index is 12.1. The molecule has 0 spiro atoms. The van der Waals surface area contributed by atoms with Gasteiger partial charge in [-0.05, 0) is 6.42 Å². The molecule has 0 aliphatic heterocycles. The predicted octanol–water partition coefficient (Wildman–Crippen LogP) is -1.78. The summed E-state index contributed by atoms with van der Waals surface area (Å²) in [6.07, 6.45) is -0.765. The monoisotopic (exact) mass is 395 g/mol. The number of nitrogens with one attached hydrogen (secondary N) is 2. The highest BCUT2D eigenvalue weighted by Gasteiger charge is 2.23. The van der Waals surface area contributed by atoms with Gasteiger partial charge < -0.3 is 36.1 Å². The number of amides is 2. The van der Waals surface area contributed by atoms with E-state index >= 15 is 0 Å². The van der Waals surface area contributed by atoms with Gasteiger partial charge in [0.05, 0.1) is 0 Å². The zero-order chi connectivity index (χ0) is 20.1. The summed E-state index contributed by atoms with van der Waals surface area (Å²) in [5.74, 6) is -3.15. The van der Waals surface area contributed by atoms with Crippen molar-refractivity contribution in [2.24, 2.45) is 5.73 Å². The van der Waals surface area contributed by atoms with Gasteiger partial charge in [0, 0.05) is 32.1 Å². The van der Waals surface area contributed by atoms with Gasteiger partial charge in [0.1, 0.15) is 18.6 Å². The number of ether oxygens (including phenoxy) is 2. The van der Waals surface area contributed by atoms with Crippen LogP contribution in [0.1, 0.15) is 12.8 Å². The maximum Gasteiger partial charge on any atom is 0.322 e. The number of carboxylic acids is 2. The molecule has 0 unspecified atom stereocenters. The fourth-order valence-corrected chi connectivity index (χ4v) is 2.73. The Balaban J connectivity index is 4.64. The largest absolute Gasteiger partial charge is 0.480 e. The van der Waals surface area contributed by atoms with Gasteiger partial charge in [-0.25, -0.2) is 0 Å². The van der Waals surface area contributed by atoms with Crippen LogP contribution >= 0.6 is 11.8 Å². The van der Waals surface area contributed by atoms with Gasteiger partial charge in [-0.2, -0.15) is 11.8 Å². The van der Waals surface area contributed by atoms with E-state index in [0.717, 1.165) is 0 Å². The number of rotatable bonds is 14. The van der Waals surface area contributed by atoms with E-state index in [2.05, 4.69) is 10.6 Å². The first-order chi connectivity index (χ1) is 12.2. The zero-order valence-corrected chi connectivity index (χ0v) is 15.4. The number of nitrogens with two attached hydrogens (primary N) is 1. The Kier molecular flexibility index (Phi) is 12.4. The van der Waals surface area contributed by atoms with Crippen molar-refractivity contribution < 1.29 is 38.9 Å². The Labute approximate surface area is 155 Å². The average molecular weight is 395 g/mol. The van der Waals surface area contributed by atoms with E-state index in [1.807, 2.05) is 0 Å². The molecule has 0 rings (SSSR count). The summed E-state index contributed by atoms with van der Waals surface area (Å²) in [6, 6.07) is -2.18. The molecule has 0 saturated carbocycles. The van der Waals surface area contributed by atoms with Crippen molar-refractivity contribution in [3.8, 4) is 0 Å². The number of hydrogen-bond acceptors (Lipinski definition) is 8. The summed E-state index contributed by atoms with van der Waals surface area (Å²) in [4.78, 5) is 45.2. The Morgan fingerprint density at radius 1 is 1.12 bits per heavy atom. The lowest BCUT2D eigenvalue weighted by Gasteiger charge is -2.19. The Hall–Kier alpha value is -1.89. The van der Waals surface area contributed by atoms with Gasteiger partial charge in [-0.1, -0.05) is 0 Å². The predicted molar refractivity (Wildman–Crippen MR) is 92.6 cm³/mol. The molecule has 2 atom stereocenters. The molecule has 0 aliphatic rings. The van der Waals surface area contributed by atoms with Gasteiger partial charge >= 0.3 is 11.9 Å². The minimum atomic E-state index is -1.23. The van der Waals surface area contributed by atoms with Crippen LogP contribution in [0.25, 0.3) is 0 Å². The molecule has 150 valence electrons. The van der Waals surface area contributed by atoms with E-state index in [1.54, 1.807) is 0 Å². The highest BCUT2D eigenvalue weighted by molar-refractivity contribution is 7.99. The van der Waals surface area contributed by atoms with Crippen LogP contribution in [0.15, 0.2) is 0 Å². The molecular formula is C14H25N3O8S. The van der Waals surface area contributed by atoms with Gasteiger partial charge in [0.2, 0.25) is 11.8 Å². The first kappa shape index (κ1) is 24.1. The van der Waals surface area contributed by atoms with Gasteiger partial charge in [0.25, 0.3) is 0 Å². The van der Waals surface area contributed by atoms with Crippen molar-refractivity contribution in [2.45, 2.75) is 31.2 Å². The van der Waals surface area contributed by atoms with Crippen molar-refractivity contribution in [2.75, 3.05) is 32.3 Å². The van der Waals surface area contributed by atoms with Crippen molar-refractivity contribution in [3.63, 3.8) is 0 Å². The van der Waals surface area contributed by atoms with Crippen LogP contribution in [0.4, 0.5) is 0 Å². The van der Waals surface area contributed by atoms with Crippen molar-refractivity contribution >= 4 is 35.5 Å². The standard InChI is InChI=1S/C14H25N3O8S/c1-24-12(25-2)7-26-6-9(13(21)16-5-11(19)20)17-10(18)4-3-8(15)14(22)23/h8-9,12H,3-7,15H2,1-2H3,(H,16,21)(H,17,18)(H,19,20)(H,22,23)/t8-,9-/m0/s1. The third-order valence-corrected chi connectivity index (χ3v) is 4.21. The van der Waals surface area contributed by atoms with E-state index in [-0.39, 0.29) is 18.6 Å². The van der Waals surface area contributed by atoms with Gasteiger partial charge in [-0.3, -0.25) is 19.2 Å². The molecule has 0 bridgehead atoms. The van der Waals surface area contributed by atoms with Gasteiger partial charge in [-0.15, -0.1) is 0 Å². The summed E-state index contributed by atoms with van der Waals surface area (Å²) in [6.45, 7) is -0.585. The zero-order valence-electron chi connectivity index (χ0n) is 14.6. The second-order valence-electron chi connectivity index (χ2n) is 5.15. The quantitative estimate of drug-likeness (QED) is 0.211. The molecule has 6 N–H and O–H groups in total. The summed E-state index contributed by atoms with van der Waals surface area (Å²) in [7, 11) is 2.92. The first-order valence-corrected chi connectivity index (χ1v) is 8.77. The highest BCUT2D eigenvalue weighted by Crippen LogP contribution is 2.09. The average Bonchev–Trinajstić information content (AvgIpc) is 2.59. The number of thioether (sulfide) groups is 1. The highest BCUT2D eigenvalue weighted by atomic mass is 32.2. The van der Waals surface area contributed by atoms with E-state index < -0.39 is 48.7 Å². The van der Waals surface area contributed by atoms with Crippen LogP contribution in [0.3, 0.4) is 0 Å². The van der Waals surface area contributed by atoms with Gasteiger partial charge in [0.15, 0.2) is 6.29 Å². The molecule has 0 aliphatic carbocycles. The Morgan fingerprint density at radius 2 is 1.73 bits per heavy atom. The first-order valence-electron chi connectivity index (χ1n) is 7.61. The molecule has 26 heavy (non-hydrogen) atoms. The van der Waals surface area contributed by atoms with E-state index in [4.69, 9.17) is 25.4 Å². The second kappa shape index (κ2) is 13.3. The fourth-order valence-electron chi connectivity index (χ4n) is 1.66. The third kappa shape index (κ3) is 10.9. The topological polar surface area (TPSA) is 177 Å². The molecule has 0 aromatic heterocycles. The van der Waals surface area contributed by atoms with Crippen molar-refractivity contribution in [1.29, 1.82) is 0 Å². The molecule has 0 fully saturated rings. The minimum Gasteiger partial charge on any atom is -0.480 e. The molecule has 0 aromatic rings. The number of methoxy groups -OCH3 is 2. The molecule has 12 heteroatoms. The molecule has 2 amide bonds. The molecular weight excluding hydrogens is 370 g/mol. The second-order valence-corrected chi connectivity index (χ2v) is 6.23. The Bertz CT molecular complexity index is 487. The lowest BCUT2D eigenvalue weighted by molar-refractivity contribution is -0.139. The summed E-state index contributed by atoms with van der Waals surface area (Å²) >= 11 is 1.26. The summed E-state index contributed by atoms with van der Waals surface area (Å²) in [5.41, 5.74) is 5.32. The van der Waals surface area contributed by atoms with Crippen LogP contribution in [0.2, 0.25) is 0 Å². The van der Waals surface area contributed by atoms with Crippen LogP contribution in [0, 0.1) is 0 Å². The van der Waals surface area contributed by atoms with Crippen LogP contribution in [-0.4, -0.2) is 84.6 Å². The lowest BCUT2D eigenvalue weighted by atomic mass is 10.1. The van der Waals surface area contributed by atoms with Crippen molar-refractivity contribution in [3.05, 3.63) is 0 Å².